The van der Waals surface area contributed by atoms with Gasteiger partial charge in [-0.25, -0.2) is 0 Å². The Hall–Kier alpha value is -2.08. The lowest BCUT2D eigenvalue weighted by Crippen LogP contribution is -2.37. The van der Waals surface area contributed by atoms with E-state index in [0.29, 0.717) is 28.6 Å². The molecular weight excluding hydrogens is 401 g/mol. The SMILES string of the molecule is CC(=O)OCCN(CC(CCO)c1ccc(Cl)c(Cl)c1)C(=O)c1ccccc1. The quantitative estimate of drug-likeness (QED) is 0.614. The first kappa shape index (κ1) is 22.2. The number of ether oxygens (including phenoxy) is 1. The van der Waals surface area contributed by atoms with Gasteiger partial charge in [-0.2, -0.15) is 0 Å². The second kappa shape index (κ2) is 11.1. The maximum atomic E-state index is 13.0. The number of rotatable bonds is 9. The third-order valence-electron chi connectivity index (χ3n) is 4.31. The minimum atomic E-state index is -0.400. The maximum Gasteiger partial charge on any atom is 0.302 e. The van der Waals surface area contributed by atoms with Crippen molar-refractivity contribution < 1.29 is 19.4 Å². The molecule has 2 aromatic carbocycles. The van der Waals surface area contributed by atoms with Gasteiger partial charge in [0.05, 0.1) is 16.6 Å². The van der Waals surface area contributed by atoms with Crippen LogP contribution in [0.15, 0.2) is 48.5 Å². The molecular formula is C21H23Cl2NO4. The summed E-state index contributed by atoms with van der Waals surface area (Å²) in [4.78, 5) is 25.7. The van der Waals surface area contributed by atoms with Crippen LogP contribution in [0.1, 0.15) is 35.2 Å². The number of carbonyl (C=O) groups excluding carboxylic acids is 2. The lowest BCUT2D eigenvalue weighted by Gasteiger charge is -2.28. The van der Waals surface area contributed by atoms with Crippen molar-refractivity contribution >= 4 is 35.1 Å². The average molecular weight is 424 g/mol. The number of benzene rings is 2. The van der Waals surface area contributed by atoms with E-state index in [4.69, 9.17) is 27.9 Å². The van der Waals surface area contributed by atoms with Crippen LogP contribution in [0.25, 0.3) is 0 Å². The second-order valence-corrected chi connectivity index (χ2v) is 7.15. The Labute approximate surface area is 174 Å². The van der Waals surface area contributed by atoms with E-state index in [1.54, 1.807) is 41.3 Å². The number of nitrogens with zero attached hydrogens (tertiary/aromatic N) is 1. The topological polar surface area (TPSA) is 66.8 Å². The summed E-state index contributed by atoms with van der Waals surface area (Å²) in [6.07, 6.45) is 0.449. The van der Waals surface area contributed by atoms with E-state index in [-0.39, 0.29) is 31.6 Å². The van der Waals surface area contributed by atoms with Gasteiger partial charge >= 0.3 is 5.97 Å². The molecule has 5 nitrogen and oxygen atoms in total. The maximum absolute atomic E-state index is 13.0. The number of carbonyl (C=O) groups is 2. The van der Waals surface area contributed by atoms with E-state index in [0.717, 1.165) is 5.56 Å². The molecule has 0 radical (unpaired) electrons. The molecule has 0 fully saturated rings. The fourth-order valence-electron chi connectivity index (χ4n) is 2.89. The minimum absolute atomic E-state index is 0.0395. The fraction of sp³-hybridized carbons (Fsp3) is 0.333. The lowest BCUT2D eigenvalue weighted by molar-refractivity contribution is -0.141. The number of aliphatic hydroxyl groups is 1. The van der Waals surface area contributed by atoms with E-state index in [9.17, 15) is 14.7 Å². The number of hydrogen-bond donors (Lipinski definition) is 1. The molecule has 1 N–H and O–H groups in total. The summed E-state index contributed by atoms with van der Waals surface area (Å²) in [7, 11) is 0. The monoisotopic (exact) mass is 423 g/mol. The van der Waals surface area contributed by atoms with E-state index in [1.807, 2.05) is 12.1 Å². The van der Waals surface area contributed by atoms with Gasteiger partial charge in [0.15, 0.2) is 0 Å². The number of halogens is 2. The molecule has 0 bridgehead atoms. The van der Waals surface area contributed by atoms with Gasteiger partial charge in [-0.05, 0) is 36.2 Å². The summed E-state index contributed by atoms with van der Waals surface area (Å²) < 4.78 is 5.02. The molecule has 7 heteroatoms. The summed E-state index contributed by atoms with van der Waals surface area (Å²) in [6.45, 7) is 1.97. The predicted octanol–water partition coefficient (Wildman–Crippen LogP) is 4.16. The first-order valence-corrected chi connectivity index (χ1v) is 9.71. The third-order valence-corrected chi connectivity index (χ3v) is 5.05. The van der Waals surface area contributed by atoms with Crippen molar-refractivity contribution in [1.82, 2.24) is 4.90 Å². The zero-order valence-corrected chi connectivity index (χ0v) is 17.1. The fourth-order valence-corrected chi connectivity index (χ4v) is 3.20. The Morgan fingerprint density at radius 2 is 1.82 bits per heavy atom. The number of esters is 1. The summed E-state index contributed by atoms with van der Waals surface area (Å²) in [5.41, 5.74) is 1.42. The summed E-state index contributed by atoms with van der Waals surface area (Å²) >= 11 is 12.1. The highest BCUT2D eigenvalue weighted by Gasteiger charge is 2.22. The van der Waals surface area contributed by atoms with Crippen molar-refractivity contribution in [2.45, 2.75) is 19.3 Å². The van der Waals surface area contributed by atoms with Crippen molar-refractivity contribution in [1.29, 1.82) is 0 Å². The van der Waals surface area contributed by atoms with Gasteiger partial charge in [0.1, 0.15) is 6.61 Å². The van der Waals surface area contributed by atoms with Crippen molar-refractivity contribution in [2.75, 3.05) is 26.3 Å². The van der Waals surface area contributed by atoms with Crippen LogP contribution < -0.4 is 0 Å². The Bertz CT molecular complexity index is 798. The van der Waals surface area contributed by atoms with Gasteiger partial charge in [-0.15, -0.1) is 0 Å². The molecule has 28 heavy (non-hydrogen) atoms. The second-order valence-electron chi connectivity index (χ2n) is 6.34. The van der Waals surface area contributed by atoms with Crippen LogP contribution in [0.3, 0.4) is 0 Å². The van der Waals surface area contributed by atoms with Crippen molar-refractivity contribution in [3.63, 3.8) is 0 Å². The minimum Gasteiger partial charge on any atom is -0.464 e. The molecule has 2 aromatic rings. The van der Waals surface area contributed by atoms with Crippen LogP contribution in [-0.4, -0.2) is 48.2 Å². The molecule has 0 spiro atoms. The Kier molecular flexibility index (Phi) is 8.77. The zero-order valence-electron chi connectivity index (χ0n) is 15.6. The molecule has 0 aliphatic heterocycles. The highest BCUT2D eigenvalue weighted by atomic mass is 35.5. The Balaban J connectivity index is 2.24. The molecule has 0 heterocycles. The van der Waals surface area contributed by atoms with Gasteiger partial charge in [-0.3, -0.25) is 9.59 Å². The van der Waals surface area contributed by atoms with Crippen molar-refractivity contribution in [3.8, 4) is 0 Å². The van der Waals surface area contributed by atoms with Gasteiger partial charge in [0, 0.05) is 31.6 Å². The highest BCUT2D eigenvalue weighted by molar-refractivity contribution is 6.42. The number of amides is 1. The largest absolute Gasteiger partial charge is 0.464 e. The van der Waals surface area contributed by atoms with Crippen LogP contribution in [0.5, 0.6) is 0 Å². The number of hydrogen-bond acceptors (Lipinski definition) is 4. The summed E-state index contributed by atoms with van der Waals surface area (Å²) in [5.74, 6) is -0.719. The molecule has 1 unspecified atom stereocenters. The molecule has 0 saturated heterocycles. The normalized spacial score (nSPS) is 11.7. The molecule has 0 saturated carbocycles. The molecule has 0 aliphatic carbocycles. The lowest BCUT2D eigenvalue weighted by atomic mass is 9.95. The summed E-state index contributed by atoms with van der Waals surface area (Å²) in [6, 6.07) is 14.2. The van der Waals surface area contributed by atoms with Crippen LogP contribution in [-0.2, 0) is 9.53 Å². The van der Waals surface area contributed by atoms with E-state index >= 15 is 0 Å². The predicted molar refractivity (Wildman–Crippen MR) is 110 cm³/mol. The van der Waals surface area contributed by atoms with Crippen LogP contribution in [0.2, 0.25) is 10.0 Å². The van der Waals surface area contributed by atoms with Crippen LogP contribution in [0, 0.1) is 0 Å². The zero-order chi connectivity index (χ0) is 20.5. The van der Waals surface area contributed by atoms with Crippen LogP contribution in [0.4, 0.5) is 0 Å². The Morgan fingerprint density at radius 1 is 1.11 bits per heavy atom. The van der Waals surface area contributed by atoms with Gasteiger partial charge in [-0.1, -0.05) is 47.5 Å². The van der Waals surface area contributed by atoms with Crippen molar-refractivity contribution in [3.05, 3.63) is 69.7 Å². The van der Waals surface area contributed by atoms with E-state index < -0.39 is 5.97 Å². The van der Waals surface area contributed by atoms with Crippen LogP contribution >= 0.6 is 23.2 Å². The van der Waals surface area contributed by atoms with E-state index in [1.165, 1.54) is 6.92 Å². The van der Waals surface area contributed by atoms with E-state index in [2.05, 4.69) is 0 Å². The molecule has 0 aliphatic rings. The highest BCUT2D eigenvalue weighted by Crippen LogP contribution is 2.29. The third kappa shape index (κ3) is 6.51. The molecule has 0 aromatic heterocycles. The molecule has 150 valence electrons. The Morgan fingerprint density at radius 3 is 2.43 bits per heavy atom. The standard InChI is InChI=1S/C21H23Cl2NO4/c1-15(26)28-12-10-24(21(27)16-5-3-2-4-6-16)14-18(9-11-25)17-7-8-19(22)20(23)13-17/h2-8,13,18,25H,9-12,14H2,1H3. The molecule has 1 amide bonds. The average Bonchev–Trinajstić information content (AvgIpc) is 2.68. The van der Waals surface area contributed by atoms with Crippen molar-refractivity contribution in [2.24, 2.45) is 0 Å². The van der Waals surface area contributed by atoms with Gasteiger partial charge < -0.3 is 14.7 Å². The van der Waals surface area contributed by atoms with Gasteiger partial charge in [0.2, 0.25) is 0 Å². The van der Waals surface area contributed by atoms with Gasteiger partial charge in [0.25, 0.3) is 5.91 Å². The first-order valence-electron chi connectivity index (χ1n) is 8.96. The molecule has 2 rings (SSSR count). The smallest absolute Gasteiger partial charge is 0.302 e. The first-order chi connectivity index (χ1) is 13.4. The number of aliphatic hydroxyl groups excluding tert-OH is 1. The summed E-state index contributed by atoms with van der Waals surface area (Å²) in [5, 5.41) is 10.4. The molecule has 1 atom stereocenters.